The van der Waals surface area contributed by atoms with Gasteiger partial charge in [0, 0.05) is 6.20 Å². The van der Waals surface area contributed by atoms with Gasteiger partial charge in [-0.1, -0.05) is 11.6 Å². The summed E-state index contributed by atoms with van der Waals surface area (Å²) in [5, 5.41) is -0.919. The van der Waals surface area contributed by atoms with Gasteiger partial charge in [-0.2, -0.15) is 4.39 Å². The van der Waals surface area contributed by atoms with E-state index in [-0.39, 0.29) is 0 Å². The van der Waals surface area contributed by atoms with Gasteiger partial charge in [0.1, 0.15) is 0 Å². The summed E-state index contributed by atoms with van der Waals surface area (Å²) < 4.78 is 48.5. The molecule has 1 rings (SSSR count). The van der Waals surface area contributed by atoms with Crippen molar-refractivity contribution in [3.63, 3.8) is 0 Å². The molecule has 0 fully saturated rings. The molecule has 6 heteroatoms. The normalized spacial score (nSPS) is 10.8. The summed E-state index contributed by atoms with van der Waals surface area (Å²) in [6, 6.07) is 0. The van der Waals surface area contributed by atoms with Gasteiger partial charge in [-0.3, -0.25) is 0 Å². The van der Waals surface area contributed by atoms with Crippen LogP contribution in [0.5, 0.6) is 0 Å². The highest BCUT2D eigenvalue weighted by molar-refractivity contribution is 6.31. The van der Waals surface area contributed by atoms with Gasteiger partial charge in [-0.05, 0) is 0 Å². The van der Waals surface area contributed by atoms with Crippen molar-refractivity contribution in [2.75, 3.05) is 0 Å². The molecular weight excluding hydrogens is 198 g/mol. The zero-order valence-electron chi connectivity index (χ0n) is 5.49. The zero-order chi connectivity index (χ0) is 9.30. The van der Waals surface area contributed by atoms with Gasteiger partial charge in [-0.15, -0.1) is 0 Å². The van der Waals surface area contributed by atoms with Crippen LogP contribution < -0.4 is 0 Å². The zero-order valence-corrected chi connectivity index (χ0v) is 6.25. The molecule has 66 valence electrons. The summed E-state index contributed by atoms with van der Waals surface area (Å²) in [4.78, 5) is 2.75. The number of alkyl halides is 2. The third kappa shape index (κ3) is 1.50. The lowest BCUT2D eigenvalue weighted by Crippen LogP contribution is -1.96. The van der Waals surface area contributed by atoms with Crippen LogP contribution in [0.3, 0.4) is 0 Å². The Morgan fingerprint density at radius 1 is 1.33 bits per heavy atom. The predicted molar refractivity (Wildman–Crippen MR) is 34.1 cm³/mol. The van der Waals surface area contributed by atoms with E-state index in [1.807, 2.05) is 0 Å². The Bertz CT molecular complexity index is 302. The van der Waals surface area contributed by atoms with Crippen LogP contribution in [0.15, 0.2) is 6.20 Å². The molecule has 1 aromatic heterocycles. The van der Waals surface area contributed by atoms with Crippen LogP contribution in [-0.2, 0) is 0 Å². The minimum atomic E-state index is -2.96. The van der Waals surface area contributed by atoms with Crippen molar-refractivity contribution in [2.45, 2.75) is 6.43 Å². The maximum absolute atomic E-state index is 12.4. The van der Waals surface area contributed by atoms with Gasteiger partial charge in [0.2, 0.25) is 5.95 Å². The smallest absolute Gasteiger partial charge is 0.225 e. The Balaban J connectivity index is 3.27. The van der Waals surface area contributed by atoms with Gasteiger partial charge in [0.05, 0.1) is 10.6 Å². The highest BCUT2D eigenvalue weighted by Gasteiger charge is 2.18. The average molecular weight is 200 g/mol. The highest BCUT2D eigenvalue weighted by Crippen LogP contribution is 2.28. The number of nitrogens with zero attached hydrogens (tertiary/aromatic N) is 1. The van der Waals surface area contributed by atoms with Gasteiger partial charge >= 0.3 is 0 Å². The minimum absolute atomic E-state index is 0.505. The van der Waals surface area contributed by atoms with Crippen LogP contribution in [-0.4, -0.2) is 4.98 Å². The van der Waals surface area contributed by atoms with Crippen molar-refractivity contribution in [1.29, 1.82) is 0 Å². The first-order chi connectivity index (χ1) is 5.54. The number of halogens is 5. The number of rotatable bonds is 1. The Morgan fingerprint density at radius 3 is 2.42 bits per heavy atom. The fourth-order valence-corrected chi connectivity index (χ4v) is 0.818. The third-order valence-corrected chi connectivity index (χ3v) is 1.56. The number of hydrogen-bond acceptors (Lipinski definition) is 1. The van der Waals surface area contributed by atoms with E-state index in [1.165, 1.54) is 0 Å². The molecule has 1 aromatic rings. The highest BCUT2D eigenvalue weighted by atomic mass is 35.5. The molecule has 0 saturated carbocycles. The van der Waals surface area contributed by atoms with Crippen LogP contribution in [0.1, 0.15) is 12.0 Å². The van der Waals surface area contributed by atoms with Crippen LogP contribution in [0.4, 0.5) is 17.6 Å². The monoisotopic (exact) mass is 199 g/mol. The van der Waals surface area contributed by atoms with Crippen LogP contribution in [0.2, 0.25) is 5.02 Å². The fourth-order valence-electron chi connectivity index (χ4n) is 0.609. The Labute approximate surface area is 70.0 Å². The molecule has 0 amide bonds. The topological polar surface area (TPSA) is 12.9 Å². The number of pyridine rings is 1. The molecule has 0 radical (unpaired) electrons. The molecule has 0 aromatic carbocycles. The quantitative estimate of drug-likeness (QED) is 0.501. The standard InChI is InChI=1S/C6H2ClF4N/c7-3-2(5(9)10)1-12-6(11)4(3)8/h1,5H. The van der Waals surface area contributed by atoms with E-state index in [1.54, 1.807) is 0 Å². The van der Waals surface area contributed by atoms with Crippen molar-refractivity contribution in [2.24, 2.45) is 0 Å². The molecule has 1 heterocycles. The molecule has 0 aliphatic rings. The van der Waals surface area contributed by atoms with Crippen molar-refractivity contribution in [1.82, 2.24) is 4.98 Å². The SMILES string of the molecule is Fc1ncc(C(F)F)c(Cl)c1F. The predicted octanol–water partition coefficient (Wildman–Crippen LogP) is 2.95. The van der Waals surface area contributed by atoms with Crippen molar-refractivity contribution >= 4 is 11.6 Å². The molecule has 0 aliphatic carbocycles. The summed E-state index contributed by atoms with van der Waals surface area (Å²) in [7, 11) is 0. The fraction of sp³-hybridized carbons (Fsp3) is 0.167. The van der Waals surface area contributed by atoms with Crippen LogP contribution in [0.25, 0.3) is 0 Å². The first-order valence-electron chi connectivity index (χ1n) is 2.81. The molecular formula is C6H2ClF4N. The van der Waals surface area contributed by atoms with E-state index in [9.17, 15) is 17.6 Å². The Hall–Kier alpha value is -0.840. The largest absolute Gasteiger partial charge is 0.266 e. The second-order valence-electron chi connectivity index (χ2n) is 1.93. The lowest BCUT2D eigenvalue weighted by molar-refractivity contribution is 0.150. The third-order valence-electron chi connectivity index (χ3n) is 1.18. The lowest BCUT2D eigenvalue weighted by atomic mass is 10.3. The average Bonchev–Trinajstić information content (AvgIpc) is 2.00. The second kappa shape index (κ2) is 3.26. The molecule has 0 unspecified atom stereocenters. The van der Waals surface area contributed by atoms with E-state index in [4.69, 9.17) is 11.6 Å². The summed E-state index contributed by atoms with van der Waals surface area (Å²) in [5.41, 5.74) is -0.810. The van der Waals surface area contributed by atoms with Crippen LogP contribution >= 0.6 is 11.6 Å². The maximum Gasteiger partial charge on any atom is 0.266 e. The first kappa shape index (κ1) is 9.25. The second-order valence-corrected chi connectivity index (χ2v) is 2.31. The molecule has 0 bridgehead atoms. The lowest BCUT2D eigenvalue weighted by Gasteiger charge is -2.02. The van der Waals surface area contributed by atoms with Gasteiger partial charge in [0.15, 0.2) is 5.82 Å². The number of hydrogen-bond donors (Lipinski definition) is 0. The molecule has 0 saturated heterocycles. The summed E-state index contributed by atoms with van der Waals surface area (Å²) in [5.74, 6) is -3.03. The van der Waals surface area contributed by atoms with E-state index in [0.717, 1.165) is 0 Å². The Kier molecular flexibility index (Phi) is 2.52. The molecule has 0 spiro atoms. The van der Waals surface area contributed by atoms with E-state index < -0.39 is 28.8 Å². The molecule has 0 atom stereocenters. The molecule has 0 N–H and O–H groups in total. The summed E-state index contributed by atoms with van der Waals surface area (Å²) in [6.07, 6.45) is -2.45. The summed E-state index contributed by atoms with van der Waals surface area (Å²) in [6.45, 7) is 0. The van der Waals surface area contributed by atoms with Crippen molar-refractivity contribution in [3.8, 4) is 0 Å². The van der Waals surface area contributed by atoms with Crippen molar-refractivity contribution < 1.29 is 17.6 Å². The molecule has 0 aliphatic heterocycles. The maximum atomic E-state index is 12.4. The van der Waals surface area contributed by atoms with Crippen LogP contribution in [0, 0.1) is 11.8 Å². The number of aromatic nitrogens is 1. The van der Waals surface area contributed by atoms with Gasteiger partial charge in [-0.25, -0.2) is 18.2 Å². The van der Waals surface area contributed by atoms with Gasteiger partial charge < -0.3 is 0 Å². The molecule has 12 heavy (non-hydrogen) atoms. The minimum Gasteiger partial charge on any atom is -0.225 e. The van der Waals surface area contributed by atoms with Crippen molar-refractivity contribution in [3.05, 3.63) is 28.5 Å². The summed E-state index contributed by atoms with van der Waals surface area (Å²) >= 11 is 5.06. The van der Waals surface area contributed by atoms with Gasteiger partial charge in [0.25, 0.3) is 6.43 Å². The van der Waals surface area contributed by atoms with E-state index >= 15 is 0 Å². The van der Waals surface area contributed by atoms with E-state index in [2.05, 4.69) is 4.98 Å². The van der Waals surface area contributed by atoms with E-state index in [0.29, 0.717) is 6.20 Å². The Morgan fingerprint density at radius 2 is 1.92 bits per heavy atom. The first-order valence-corrected chi connectivity index (χ1v) is 3.19. The molecule has 1 nitrogen and oxygen atoms in total.